The molecular formula is C23H28O6. The fourth-order valence-corrected chi connectivity index (χ4v) is 3.28. The van der Waals surface area contributed by atoms with Gasteiger partial charge in [0.1, 0.15) is 22.6 Å². The van der Waals surface area contributed by atoms with Crippen molar-refractivity contribution in [3.8, 4) is 11.5 Å². The molecule has 2 atom stereocenters. The Balaban J connectivity index is 2.66. The van der Waals surface area contributed by atoms with Crippen molar-refractivity contribution in [3.63, 3.8) is 0 Å². The number of hydrogen-bond acceptors (Lipinski definition) is 4. The van der Waals surface area contributed by atoms with Crippen LogP contribution in [0.2, 0.25) is 0 Å². The summed E-state index contributed by atoms with van der Waals surface area (Å²) in [4.78, 5) is 23.2. The summed E-state index contributed by atoms with van der Waals surface area (Å²) in [5.41, 5.74) is 1.83. The maximum atomic E-state index is 11.6. The Morgan fingerprint density at radius 2 is 1.10 bits per heavy atom. The standard InChI is InChI=1S/C23H28O6/c1-5-12(3)14-7-16(20(24)18(10-14)22(26)27)9-17-8-15(13(4)6-2)11-19(21(17)25)23(28)29/h7-8,10-13,24-25H,5-6,9H2,1-4H3,(H,26,27)(H,28,29)/t12-,13+. The van der Waals surface area contributed by atoms with Gasteiger partial charge in [-0.25, -0.2) is 9.59 Å². The Morgan fingerprint density at radius 3 is 1.38 bits per heavy atom. The molecule has 0 aliphatic heterocycles. The maximum absolute atomic E-state index is 11.6. The monoisotopic (exact) mass is 400 g/mol. The minimum atomic E-state index is -1.24. The van der Waals surface area contributed by atoms with Crippen molar-refractivity contribution >= 4 is 11.9 Å². The lowest BCUT2D eigenvalue weighted by Crippen LogP contribution is -2.06. The predicted octanol–water partition coefficient (Wildman–Crippen LogP) is 5.11. The van der Waals surface area contributed by atoms with Gasteiger partial charge in [0, 0.05) is 6.42 Å². The molecule has 0 aliphatic carbocycles. The molecule has 4 N–H and O–H groups in total. The maximum Gasteiger partial charge on any atom is 0.339 e. The van der Waals surface area contributed by atoms with Crippen LogP contribution in [0.4, 0.5) is 0 Å². The highest BCUT2D eigenvalue weighted by Crippen LogP contribution is 2.35. The average molecular weight is 400 g/mol. The van der Waals surface area contributed by atoms with Crippen LogP contribution in [0, 0.1) is 0 Å². The van der Waals surface area contributed by atoms with Gasteiger partial charge >= 0.3 is 11.9 Å². The Morgan fingerprint density at radius 1 is 0.759 bits per heavy atom. The van der Waals surface area contributed by atoms with Gasteiger partial charge in [0.15, 0.2) is 0 Å². The minimum Gasteiger partial charge on any atom is -0.507 e. The van der Waals surface area contributed by atoms with Crippen molar-refractivity contribution in [3.05, 3.63) is 57.6 Å². The molecule has 0 saturated carbocycles. The molecule has 0 spiro atoms. The van der Waals surface area contributed by atoms with E-state index in [-0.39, 0.29) is 40.9 Å². The van der Waals surface area contributed by atoms with Crippen molar-refractivity contribution in [2.75, 3.05) is 0 Å². The molecule has 0 fully saturated rings. The SMILES string of the molecule is CC[C@@H](C)c1cc(Cc2cc([C@@H](C)CC)cc(C(=O)O)c2O)c(O)c(C(=O)O)c1. The number of aromatic hydroxyl groups is 2. The lowest BCUT2D eigenvalue weighted by Gasteiger charge is -2.17. The number of rotatable bonds is 8. The smallest absolute Gasteiger partial charge is 0.339 e. The van der Waals surface area contributed by atoms with Crippen molar-refractivity contribution in [2.45, 2.75) is 58.8 Å². The average Bonchev–Trinajstić information content (AvgIpc) is 2.68. The van der Waals surface area contributed by atoms with E-state index in [0.717, 1.165) is 24.0 Å². The van der Waals surface area contributed by atoms with Gasteiger partial charge < -0.3 is 20.4 Å². The van der Waals surface area contributed by atoms with E-state index in [9.17, 15) is 30.0 Å². The first kappa shape index (κ1) is 22.3. The second kappa shape index (κ2) is 8.99. The molecule has 6 heteroatoms. The quantitative estimate of drug-likeness (QED) is 0.489. The van der Waals surface area contributed by atoms with Crippen molar-refractivity contribution < 1.29 is 30.0 Å². The summed E-state index contributed by atoms with van der Waals surface area (Å²) in [6, 6.07) is 6.39. The molecule has 0 amide bonds. The topological polar surface area (TPSA) is 115 Å². The van der Waals surface area contributed by atoms with Crippen LogP contribution in [0.15, 0.2) is 24.3 Å². The second-order valence-corrected chi connectivity index (χ2v) is 7.56. The molecule has 0 radical (unpaired) electrons. The first-order valence-electron chi connectivity index (χ1n) is 9.78. The molecule has 29 heavy (non-hydrogen) atoms. The molecule has 0 aromatic heterocycles. The molecule has 0 heterocycles. The van der Waals surface area contributed by atoms with Crippen LogP contribution in [-0.2, 0) is 6.42 Å². The van der Waals surface area contributed by atoms with Crippen LogP contribution in [0.5, 0.6) is 11.5 Å². The van der Waals surface area contributed by atoms with Crippen LogP contribution in [-0.4, -0.2) is 32.4 Å². The number of aromatic carboxylic acids is 2. The third kappa shape index (κ3) is 4.70. The van der Waals surface area contributed by atoms with Gasteiger partial charge in [0.25, 0.3) is 0 Å². The van der Waals surface area contributed by atoms with E-state index in [4.69, 9.17) is 0 Å². The van der Waals surface area contributed by atoms with Crippen LogP contribution in [0.1, 0.15) is 95.3 Å². The third-order valence-electron chi connectivity index (χ3n) is 5.63. The zero-order valence-electron chi connectivity index (χ0n) is 17.2. The van der Waals surface area contributed by atoms with Gasteiger partial charge in [-0.1, -0.05) is 39.8 Å². The van der Waals surface area contributed by atoms with E-state index in [2.05, 4.69) is 0 Å². The van der Waals surface area contributed by atoms with E-state index in [1.165, 1.54) is 12.1 Å². The number of carboxylic acid groups (broad SMARTS) is 2. The van der Waals surface area contributed by atoms with Crippen molar-refractivity contribution in [2.24, 2.45) is 0 Å². The first-order valence-corrected chi connectivity index (χ1v) is 9.78. The molecule has 0 bridgehead atoms. The molecule has 2 aromatic carbocycles. The molecule has 0 unspecified atom stereocenters. The van der Waals surface area contributed by atoms with Gasteiger partial charge in [-0.3, -0.25) is 0 Å². The molecule has 6 nitrogen and oxygen atoms in total. The fraction of sp³-hybridized carbons (Fsp3) is 0.391. The fourth-order valence-electron chi connectivity index (χ4n) is 3.28. The molecule has 0 saturated heterocycles. The Hall–Kier alpha value is -3.02. The Bertz CT molecular complexity index is 856. The number of carboxylic acids is 2. The van der Waals surface area contributed by atoms with Crippen LogP contribution in [0.3, 0.4) is 0 Å². The van der Waals surface area contributed by atoms with Gasteiger partial charge in [-0.2, -0.15) is 0 Å². The predicted molar refractivity (Wildman–Crippen MR) is 110 cm³/mol. The molecular weight excluding hydrogens is 372 g/mol. The van der Waals surface area contributed by atoms with Gasteiger partial charge in [0.2, 0.25) is 0 Å². The van der Waals surface area contributed by atoms with E-state index in [1.54, 1.807) is 12.1 Å². The van der Waals surface area contributed by atoms with E-state index in [1.807, 2.05) is 27.7 Å². The molecule has 2 aromatic rings. The summed E-state index contributed by atoms with van der Waals surface area (Å²) in [5, 5.41) is 40.0. The van der Waals surface area contributed by atoms with Crippen molar-refractivity contribution in [1.82, 2.24) is 0 Å². The Labute approximate surface area is 170 Å². The van der Waals surface area contributed by atoms with Crippen LogP contribution in [0.25, 0.3) is 0 Å². The normalized spacial score (nSPS) is 13.1. The molecule has 0 aliphatic rings. The summed E-state index contributed by atoms with van der Waals surface area (Å²) < 4.78 is 0. The summed E-state index contributed by atoms with van der Waals surface area (Å²) in [5.74, 6) is -3.04. The van der Waals surface area contributed by atoms with E-state index < -0.39 is 11.9 Å². The largest absolute Gasteiger partial charge is 0.507 e. The molecule has 156 valence electrons. The van der Waals surface area contributed by atoms with E-state index in [0.29, 0.717) is 11.1 Å². The summed E-state index contributed by atoms with van der Waals surface area (Å²) >= 11 is 0. The number of carbonyl (C=O) groups is 2. The lowest BCUT2D eigenvalue weighted by molar-refractivity contribution is 0.0682. The molecule has 2 rings (SSSR count). The highest BCUT2D eigenvalue weighted by molar-refractivity contribution is 5.92. The third-order valence-corrected chi connectivity index (χ3v) is 5.63. The zero-order chi connectivity index (χ0) is 21.9. The highest BCUT2D eigenvalue weighted by atomic mass is 16.4. The summed E-state index contributed by atoms with van der Waals surface area (Å²) in [7, 11) is 0. The summed E-state index contributed by atoms with van der Waals surface area (Å²) in [6.07, 6.45) is 1.61. The number of phenols is 2. The van der Waals surface area contributed by atoms with Gasteiger partial charge in [-0.15, -0.1) is 0 Å². The number of hydrogen-bond donors (Lipinski definition) is 4. The van der Waals surface area contributed by atoms with Gasteiger partial charge in [0.05, 0.1) is 0 Å². The second-order valence-electron chi connectivity index (χ2n) is 7.56. The van der Waals surface area contributed by atoms with Crippen LogP contribution >= 0.6 is 0 Å². The summed E-state index contributed by atoms with van der Waals surface area (Å²) in [6.45, 7) is 7.90. The van der Waals surface area contributed by atoms with Crippen LogP contribution < -0.4 is 0 Å². The lowest BCUT2D eigenvalue weighted by atomic mass is 9.89. The zero-order valence-corrected chi connectivity index (χ0v) is 17.2. The number of benzene rings is 2. The highest BCUT2D eigenvalue weighted by Gasteiger charge is 2.22. The van der Waals surface area contributed by atoms with E-state index >= 15 is 0 Å². The van der Waals surface area contributed by atoms with Gasteiger partial charge in [-0.05, 0) is 59.1 Å². The van der Waals surface area contributed by atoms with Crippen molar-refractivity contribution in [1.29, 1.82) is 0 Å². The first-order chi connectivity index (χ1) is 13.6. The minimum absolute atomic E-state index is 0.0206. The Kier molecular flexibility index (Phi) is 6.90.